The van der Waals surface area contributed by atoms with Crippen LogP contribution in [0.15, 0.2) is 84.9 Å². The smallest absolute Gasteiger partial charge is 0.343 e. The molecule has 4 rings (SSSR count). The second-order valence-electron chi connectivity index (χ2n) is 7.68. The third kappa shape index (κ3) is 5.73. The molecule has 12 heteroatoms. The van der Waals surface area contributed by atoms with E-state index in [1.165, 1.54) is 12.1 Å². The van der Waals surface area contributed by atoms with E-state index in [4.69, 9.17) is 4.74 Å². The van der Waals surface area contributed by atoms with Crippen molar-refractivity contribution in [2.75, 3.05) is 15.3 Å². The number of esters is 1. The van der Waals surface area contributed by atoms with Crippen molar-refractivity contribution < 1.29 is 31.5 Å². The summed E-state index contributed by atoms with van der Waals surface area (Å²) >= 11 is 0. The fraction of sp³-hybridized carbons (Fsp3) is 0.0870. The van der Waals surface area contributed by atoms with E-state index in [9.17, 15) is 26.7 Å². The third-order valence-electron chi connectivity index (χ3n) is 4.91. The van der Waals surface area contributed by atoms with Crippen molar-refractivity contribution in [3.63, 3.8) is 0 Å². The summed E-state index contributed by atoms with van der Waals surface area (Å²) in [5, 5.41) is 9.69. The Kier molecular flexibility index (Phi) is 6.41. The Morgan fingerprint density at radius 3 is 2.40 bits per heavy atom. The molecule has 0 radical (unpaired) electrons. The minimum absolute atomic E-state index is 0.00266. The average molecular weight is 516 g/mol. The lowest BCUT2D eigenvalue weighted by Gasteiger charge is -2.19. The zero-order chi connectivity index (χ0) is 25.2. The molecule has 0 bridgehead atoms. The number of carbonyl (C=O) groups excluding carboxylic acids is 1. The highest BCUT2D eigenvalue weighted by molar-refractivity contribution is 7.92. The molecular weight excluding hydrogens is 494 g/mol. The number of nitrogens with one attached hydrogen (secondary N) is 2. The van der Waals surface area contributed by atoms with Crippen LogP contribution in [-0.2, 0) is 26.7 Å². The van der Waals surface area contributed by atoms with Gasteiger partial charge in [-0.3, -0.25) is 4.72 Å². The van der Waals surface area contributed by atoms with Gasteiger partial charge in [0.15, 0.2) is 5.75 Å². The molecule has 0 aliphatic carbocycles. The number of sulfonamides is 1. The number of aliphatic hydroxyl groups excluding tert-OH is 1. The van der Waals surface area contributed by atoms with Crippen LogP contribution in [0.3, 0.4) is 0 Å². The van der Waals surface area contributed by atoms with Crippen LogP contribution in [0.1, 0.15) is 21.5 Å². The van der Waals surface area contributed by atoms with E-state index in [1.54, 1.807) is 60.7 Å². The number of nitrogens with zero attached hydrogens (tertiary/aromatic N) is 1. The summed E-state index contributed by atoms with van der Waals surface area (Å²) < 4.78 is 59.1. The van der Waals surface area contributed by atoms with Crippen LogP contribution in [0.2, 0.25) is 0 Å². The van der Waals surface area contributed by atoms with Gasteiger partial charge < -0.3 is 9.84 Å². The molecule has 3 N–H and O–H groups in total. The van der Waals surface area contributed by atoms with Crippen LogP contribution in [0, 0.1) is 0 Å². The van der Waals surface area contributed by atoms with Crippen molar-refractivity contribution in [1.29, 1.82) is 0 Å². The lowest BCUT2D eigenvalue weighted by atomic mass is 10.0. The highest BCUT2D eigenvalue weighted by atomic mass is 32.2. The largest absolute Gasteiger partial charge is 0.493 e. The molecule has 3 aromatic carbocycles. The first-order chi connectivity index (χ1) is 16.5. The van der Waals surface area contributed by atoms with Gasteiger partial charge in [-0.15, -0.1) is 0 Å². The third-order valence-corrected chi connectivity index (χ3v) is 6.79. The number of hydrogen-bond donors (Lipinski definition) is 3. The molecule has 0 saturated carbocycles. The molecule has 0 fully saturated rings. The minimum atomic E-state index is -4.14. The SMILES string of the molecule is CS(=O)(=O)Nc1ccccc1Cc1ccc(N2C=C(O)NS2(=O)=O)c(OC(=O)c2ccccc2)c1. The molecule has 0 amide bonds. The van der Waals surface area contributed by atoms with E-state index in [2.05, 4.69) is 4.72 Å². The monoisotopic (exact) mass is 515 g/mol. The summed E-state index contributed by atoms with van der Waals surface area (Å²) in [5.41, 5.74) is 1.91. The van der Waals surface area contributed by atoms with E-state index in [0.29, 0.717) is 16.8 Å². The molecule has 1 heterocycles. The number of hydrogen-bond acceptors (Lipinski definition) is 7. The van der Waals surface area contributed by atoms with Gasteiger partial charge in [0.1, 0.15) is 5.69 Å². The fourth-order valence-electron chi connectivity index (χ4n) is 3.45. The van der Waals surface area contributed by atoms with Gasteiger partial charge in [0.05, 0.1) is 23.7 Å². The van der Waals surface area contributed by atoms with Gasteiger partial charge in [0, 0.05) is 0 Å². The maximum Gasteiger partial charge on any atom is 0.343 e. The van der Waals surface area contributed by atoms with Gasteiger partial charge >= 0.3 is 16.2 Å². The second kappa shape index (κ2) is 9.31. The molecule has 182 valence electrons. The predicted octanol–water partition coefficient (Wildman–Crippen LogP) is 2.88. The first-order valence-corrected chi connectivity index (χ1v) is 13.5. The first-order valence-electron chi connectivity index (χ1n) is 10.2. The number of aliphatic hydroxyl groups is 1. The zero-order valence-electron chi connectivity index (χ0n) is 18.4. The summed E-state index contributed by atoms with van der Waals surface area (Å²) in [6.07, 6.45) is 2.25. The van der Waals surface area contributed by atoms with Crippen molar-refractivity contribution in [3.05, 3.63) is 102 Å². The number of carbonyl (C=O) groups is 1. The average Bonchev–Trinajstić information content (AvgIpc) is 3.06. The Bertz CT molecular complexity index is 1520. The van der Waals surface area contributed by atoms with Crippen molar-refractivity contribution in [2.24, 2.45) is 0 Å². The quantitative estimate of drug-likeness (QED) is 0.324. The van der Waals surface area contributed by atoms with E-state index in [-0.39, 0.29) is 23.4 Å². The number of para-hydroxylation sites is 1. The Morgan fingerprint density at radius 2 is 1.74 bits per heavy atom. The van der Waals surface area contributed by atoms with Crippen molar-refractivity contribution in [2.45, 2.75) is 6.42 Å². The molecule has 1 aliphatic heterocycles. The molecule has 10 nitrogen and oxygen atoms in total. The van der Waals surface area contributed by atoms with Crippen molar-refractivity contribution >= 4 is 37.6 Å². The topological polar surface area (TPSA) is 142 Å². The summed E-state index contributed by atoms with van der Waals surface area (Å²) in [4.78, 5) is 12.7. The Morgan fingerprint density at radius 1 is 1.06 bits per heavy atom. The number of ether oxygens (including phenoxy) is 1. The molecule has 1 aliphatic rings. The molecule has 0 aromatic heterocycles. The standard InChI is InChI=1S/C23H21N3O7S2/c1-34(29,30)24-19-10-6-5-9-18(19)13-16-11-12-20(26-15-22(27)25-35(26,31)32)21(14-16)33-23(28)17-7-3-2-4-8-17/h2-12,14-15,24-25,27H,13H2,1H3. The minimum Gasteiger partial charge on any atom is -0.493 e. The molecule has 0 spiro atoms. The van der Waals surface area contributed by atoms with Gasteiger partial charge in [-0.1, -0.05) is 42.5 Å². The number of rotatable bonds is 7. The van der Waals surface area contributed by atoms with Gasteiger partial charge in [-0.05, 0) is 47.9 Å². The van der Waals surface area contributed by atoms with Gasteiger partial charge in [-0.25, -0.2) is 22.2 Å². The molecule has 0 atom stereocenters. The molecule has 3 aromatic rings. The lowest BCUT2D eigenvalue weighted by Crippen LogP contribution is -2.30. The van der Waals surface area contributed by atoms with Crippen LogP contribution in [0.4, 0.5) is 11.4 Å². The van der Waals surface area contributed by atoms with E-state index in [1.807, 2.05) is 4.72 Å². The second-order valence-corrected chi connectivity index (χ2v) is 11.0. The summed E-state index contributed by atoms with van der Waals surface area (Å²) in [5.74, 6) is -1.36. The maximum absolute atomic E-state index is 12.7. The fourth-order valence-corrected chi connectivity index (χ4v) is 5.11. The Labute approximate surface area is 202 Å². The summed E-state index contributed by atoms with van der Waals surface area (Å²) in [6, 6.07) is 19.5. The van der Waals surface area contributed by atoms with Crippen LogP contribution in [-0.4, -0.2) is 34.2 Å². The van der Waals surface area contributed by atoms with E-state index in [0.717, 1.165) is 16.8 Å². The number of benzene rings is 3. The molecule has 0 saturated heterocycles. The first kappa shape index (κ1) is 24.1. The van der Waals surface area contributed by atoms with Crippen LogP contribution in [0.25, 0.3) is 0 Å². The highest BCUT2D eigenvalue weighted by Gasteiger charge is 2.31. The number of anilines is 2. The van der Waals surface area contributed by atoms with E-state index >= 15 is 0 Å². The molecule has 0 unspecified atom stereocenters. The molecule has 35 heavy (non-hydrogen) atoms. The van der Waals surface area contributed by atoms with Gasteiger partial charge in [-0.2, -0.15) is 8.42 Å². The van der Waals surface area contributed by atoms with Crippen LogP contribution in [0.5, 0.6) is 5.75 Å². The van der Waals surface area contributed by atoms with Crippen molar-refractivity contribution in [1.82, 2.24) is 4.72 Å². The normalized spacial score (nSPS) is 14.7. The summed E-state index contributed by atoms with van der Waals surface area (Å²) in [6.45, 7) is 0. The Hall–Kier alpha value is -4.03. The van der Waals surface area contributed by atoms with E-state index < -0.39 is 32.1 Å². The van der Waals surface area contributed by atoms with Crippen LogP contribution < -0.4 is 18.5 Å². The van der Waals surface area contributed by atoms with Crippen molar-refractivity contribution in [3.8, 4) is 5.75 Å². The predicted molar refractivity (Wildman–Crippen MR) is 131 cm³/mol. The van der Waals surface area contributed by atoms with Gasteiger partial charge in [0.25, 0.3) is 0 Å². The zero-order valence-corrected chi connectivity index (χ0v) is 20.0. The van der Waals surface area contributed by atoms with Gasteiger partial charge in [0.2, 0.25) is 15.9 Å². The summed E-state index contributed by atoms with van der Waals surface area (Å²) in [7, 11) is -7.65. The maximum atomic E-state index is 12.7. The van der Waals surface area contributed by atoms with Crippen LogP contribution >= 0.6 is 0 Å². The highest BCUT2D eigenvalue weighted by Crippen LogP contribution is 2.35. The lowest BCUT2D eigenvalue weighted by molar-refractivity contribution is 0.0735. The molecular formula is C23H21N3O7S2. The Balaban J connectivity index is 1.74.